The highest BCUT2D eigenvalue weighted by Gasteiger charge is 2.39. The van der Waals surface area contributed by atoms with Crippen molar-refractivity contribution in [3.05, 3.63) is 203 Å². The standard InChI is InChI=1S/C60H48/c1-35-20-25-48-49(30-35)57(39-24-28-43-41-15-11-13-19-51(41)59(4,5)54(43)34-39)47-17-9-8-16-46(47)56(48)38-23-29-45-44-27-22-37(32-53(44)60(6,7)55(45)33-38)36-21-26-42-40-14-10-12-18-50(40)58(2,3)52(42)31-36/h8-34H,1-7H3. The van der Waals surface area contributed by atoms with E-state index in [-0.39, 0.29) is 16.2 Å². The number of rotatable bonds is 3. The van der Waals surface area contributed by atoms with Crippen LogP contribution in [0.25, 0.3) is 88.3 Å². The zero-order chi connectivity index (χ0) is 40.9. The maximum Gasteiger partial charge on any atom is 0.0159 e. The average molecular weight is 769 g/mol. The first kappa shape index (κ1) is 35.4. The van der Waals surface area contributed by atoms with Crippen LogP contribution in [0.3, 0.4) is 0 Å². The number of aryl methyl sites for hydroxylation is 1. The fraction of sp³-hybridized carbons (Fsp3) is 0.167. The summed E-state index contributed by atoms with van der Waals surface area (Å²) >= 11 is 0. The van der Waals surface area contributed by atoms with Crippen molar-refractivity contribution in [1.82, 2.24) is 0 Å². The fourth-order valence-electron chi connectivity index (χ4n) is 11.7. The Balaban J connectivity index is 0.991. The van der Waals surface area contributed by atoms with E-state index in [0.29, 0.717) is 0 Å². The van der Waals surface area contributed by atoms with Crippen molar-refractivity contribution < 1.29 is 0 Å². The zero-order valence-corrected chi connectivity index (χ0v) is 35.6. The highest BCUT2D eigenvalue weighted by molar-refractivity contribution is 6.21. The fourth-order valence-corrected chi connectivity index (χ4v) is 11.7. The SMILES string of the molecule is Cc1ccc2c(-c3ccc4c(c3)C(C)(C)c3cc(-c5ccc6c(c5)C(C)(C)c5ccccc5-6)ccc3-4)c3ccccc3c(-c3ccc4c(c3)C(C)(C)c3ccccc3-4)c2c1. The van der Waals surface area contributed by atoms with Crippen LogP contribution in [0.2, 0.25) is 0 Å². The maximum atomic E-state index is 2.51. The van der Waals surface area contributed by atoms with Gasteiger partial charge in [-0.2, -0.15) is 0 Å². The van der Waals surface area contributed by atoms with Crippen molar-refractivity contribution in [3.8, 4) is 66.8 Å². The molecule has 0 fully saturated rings. The highest BCUT2D eigenvalue weighted by atomic mass is 14.4. The number of benzene rings is 9. The van der Waals surface area contributed by atoms with Gasteiger partial charge >= 0.3 is 0 Å². The molecule has 288 valence electrons. The summed E-state index contributed by atoms with van der Waals surface area (Å²) < 4.78 is 0. The Morgan fingerprint density at radius 2 is 0.600 bits per heavy atom. The quantitative estimate of drug-likeness (QED) is 0.157. The summed E-state index contributed by atoms with van der Waals surface area (Å²) in [7, 11) is 0. The van der Waals surface area contributed by atoms with Gasteiger partial charge < -0.3 is 0 Å². The third-order valence-corrected chi connectivity index (χ3v) is 14.9. The molecule has 0 bridgehead atoms. The van der Waals surface area contributed by atoms with E-state index in [9.17, 15) is 0 Å². The largest absolute Gasteiger partial charge is 0.0619 e. The molecule has 0 aliphatic heterocycles. The molecule has 0 nitrogen and oxygen atoms in total. The van der Waals surface area contributed by atoms with E-state index in [1.165, 1.54) is 127 Å². The van der Waals surface area contributed by atoms with Gasteiger partial charge in [-0.3, -0.25) is 0 Å². The lowest BCUT2D eigenvalue weighted by molar-refractivity contribution is 0.659. The van der Waals surface area contributed by atoms with Gasteiger partial charge in [-0.25, -0.2) is 0 Å². The topological polar surface area (TPSA) is 0 Å². The summed E-state index contributed by atoms with van der Waals surface area (Å²) in [5, 5.41) is 5.20. The van der Waals surface area contributed by atoms with Gasteiger partial charge in [0.2, 0.25) is 0 Å². The molecule has 0 heterocycles. The molecule has 0 spiro atoms. The molecule has 9 aromatic rings. The molecule has 3 aliphatic rings. The van der Waals surface area contributed by atoms with E-state index in [2.05, 4.69) is 212 Å². The Morgan fingerprint density at radius 1 is 0.267 bits per heavy atom. The molecule has 0 unspecified atom stereocenters. The third-order valence-electron chi connectivity index (χ3n) is 14.9. The van der Waals surface area contributed by atoms with E-state index in [1.54, 1.807) is 0 Å². The van der Waals surface area contributed by atoms with Crippen LogP contribution in [0.4, 0.5) is 0 Å². The Bertz CT molecular complexity index is 3350. The second-order valence-corrected chi connectivity index (χ2v) is 19.4. The molecular formula is C60H48. The van der Waals surface area contributed by atoms with Crippen LogP contribution in [0.1, 0.15) is 80.5 Å². The summed E-state index contributed by atoms with van der Waals surface area (Å²) in [4.78, 5) is 0. The molecule has 9 aromatic carbocycles. The number of hydrogen-bond donors (Lipinski definition) is 0. The summed E-state index contributed by atoms with van der Waals surface area (Å²) in [6, 6.07) is 62.9. The second kappa shape index (κ2) is 12.0. The van der Waals surface area contributed by atoms with Gasteiger partial charge in [0.15, 0.2) is 0 Å². The van der Waals surface area contributed by atoms with Crippen LogP contribution in [0, 0.1) is 6.92 Å². The van der Waals surface area contributed by atoms with Gasteiger partial charge in [-0.05, 0) is 153 Å². The molecule has 60 heavy (non-hydrogen) atoms. The van der Waals surface area contributed by atoms with E-state index >= 15 is 0 Å². The van der Waals surface area contributed by atoms with Crippen molar-refractivity contribution in [2.75, 3.05) is 0 Å². The summed E-state index contributed by atoms with van der Waals surface area (Å²) in [5.41, 5.74) is 25.4. The minimum Gasteiger partial charge on any atom is -0.0619 e. The molecule has 0 saturated heterocycles. The molecule has 0 saturated carbocycles. The molecular weight excluding hydrogens is 721 g/mol. The lowest BCUT2D eigenvalue weighted by atomic mass is 9.79. The molecule has 0 heteroatoms. The second-order valence-electron chi connectivity index (χ2n) is 19.4. The molecule has 0 N–H and O–H groups in total. The van der Waals surface area contributed by atoms with Gasteiger partial charge in [-0.15, -0.1) is 0 Å². The summed E-state index contributed by atoms with van der Waals surface area (Å²) in [6.45, 7) is 16.6. The average Bonchev–Trinajstić information content (AvgIpc) is 3.74. The summed E-state index contributed by atoms with van der Waals surface area (Å²) in [6.07, 6.45) is 0. The number of fused-ring (bicyclic) bond motifs is 11. The third kappa shape index (κ3) is 4.68. The Labute approximate surface area is 354 Å². The van der Waals surface area contributed by atoms with Crippen molar-refractivity contribution in [2.24, 2.45) is 0 Å². The first-order chi connectivity index (χ1) is 28.9. The van der Waals surface area contributed by atoms with Gasteiger partial charge in [0.25, 0.3) is 0 Å². The van der Waals surface area contributed by atoms with Crippen molar-refractivity contribution in [3.63, 3.8) is 0 Å². The Kier molecular flexibility index (Phi) is 7.12. The Hall–Kier alpha value is -6.50. The van der Waals surface area contributed by atoms with E-state index < -0.39 is 0 Å². The normalized spacial score (nSPS) is 15.7. The van der Waals surface area contributed by atoms with E-state index in [0.717, 1.165) is 0 Å². The van der Waals surface area contributed by atoms with Crippen LogP contribution < -0.4 is 0 Å². The first-order valence-electron chi connectivity index (χ1n) is 21.7. The number of hydrogen-bond acceptors (Lipinski definition) is 0. The molecule has 3 aliphatic carbocycles. The molecule has 12 rings (SSSR count). The van der Waals surface area contributed by atoms with Gasteiger partial charge in [0.05, 0.1) is 0 Å². The summed E-state index contributed by atoms with van der Waals surface area (Å²) in [5.74, 6) is 0. The first-order valence-corrected chi connectivity index (χ1v) is 21.7. The van der Waals surface area contributed by atoms with Gasteiger partial charge in [0, 0.05) is 16.2 Å². The van der Waals surface area contributed by atoms with E-state index in [1.807, 2.05) is 0 Å². The molecule has 0 amide bonds. The monoisotopic (exact) mass is 768 g/mol. The minimum atomic E-state index is -0.167. The molecule has 0 aromatic heterocycles. The van der Waals surface area contributed by atoms with Crippen LogP contribution in [0.15, 0.2) is 164 Å². The smallest absolute Gasteiger partial charge is 0.0159 e. The van der Waals surface area contributed by atoms with Crippen molar-refractivity contribution >= 4 is 21.5 Å². The predicted octanol–water partition coefficient (Wildman–Crippen LogP) is 16.2. The highest BCUT2D eigenvalue weighted by Crippen LogP contribution is 2.55. The Morgan fingerprint density at radius 3 is 1.07 bits per heavy atom. The minimum absolute atomic E-state index is 0.0273. The zero-order valence-electron chi connectivity index (χ0n) is 35.6. The maximum absolute atomic E-state index is 2.51. The predicted molar refractivity (Wildman–Crippen MR) is 255 cm³/mol. The van der Waals surface area contributed by atoms with Gasteiger partial charge in [0.1, 0.15) is 0 Å². The molecule has 0 atom stereocenters. The van der Waals surface area contributed by atoms with Crippen molar-refractivity contribution in [2.45, 2.75) is 64.7 Å². The lowest BCUT2D eigenvalue weighted by Crippen LogP contribution is -2.15. The van der Waals surface area contributed by atoms with Crippen molar-refractivity contribution in [1.29, 1.82) is 0 Å². The van der Waals surface area contributed by atoms with Gasteiger partial charge in [-0.1, -0.05) is 187 Å². The van der Waals surface area contributed by atoms with Crippen LogP contribution in [0.5, 0.6) is 0 Å². The molecule has 0 radical (unpaired) electrons. The lowest BCUT2D eigenvalue weighted by Gasteiger charge is -2.24. The van der Waals surface area contributed by atoms with Crippen LogP contribution >= 0.6 is 0 Å². The van der Waals surface area contributed by atoms with Crippen LogP contribution in [-0.4, -0.2) is 0 Å². The van der Waals surface area contributed by atoms with Crippen LogP contribution in [-0.2, 0) is 16.2 Å². The van der Waals surface area contributed by atoms with E-state index in [4.69, 9.17) is 0 Å².